The van der Waals surface area contributed by atoms with Crippen molar-refractivity contribution in [1.82, 2.24) is 25.2 Å². The van der Waals surface area contributed by atoms with E-state index in [0.29, 0.717) is 55.5 Å². The van der Waals surface area contributed by atoms with Gasteiger partial charge in [0.2, 0.25) is 17.7 Å². The SMILES string of the molecule is C=CC1CC1(NC(=O)C1CC(Oc2nccc3cc(OC)ccc23)CN1C(=O)C(NC(=O)OC(C)(C)C)C1CCCC1)C(=O)NS(=O)(=O)OC1(CCC)CC1. The lowest BCUT2D eigenvalue weighted by atomic mass is 9.96. The first-order valence-electron chi connectivity index (χ1n) is 19.1. The Morgan fingerprint density at radius 1 is 1.13 bits per heavy atom. The van der Waals surface area contributed by atoms with Gasteiger partial charge in [-0.2, -0.15) is 8.42 Å². The first-order valence-corrected chi connectivity index (χ1v) is 20.5. The maximum absolute atomic E-state index is 14.6. The van der Waals surface area contributed by atoms with Crippen LogP contribution in [0.15, 0.2) is 43.1 Å². The summed E-state index contributed by atoms with van der Waals surface area (Å²) in [5.74, 6) is -1.95. The number of carbonyl (C=O) groups excluding carboxylic acids is 4. The third-order valence-electron chi connectivity index (χ3n) is 10.9. The van der Waals surface area contributed by atoms with Gasteiger partial charge in [0, 0.05) is 23.9 Å². The summed E-state index contributed by atoms with van der Waals surface area (Å²) in [5.41, 5.74) is -3.28. The maximum Gasteiger partial charge on any atom is 0.408 e. The Morgan fingerprint density at radius 3 is 2.47 bits per heavy atom. The number of carbonyl (C=O) groups is 4. The molecule has 3 N–H and O–H groups in total. The number of aromatic nitrogens is 1. The smallest absolute Gasteiger partial charge is 0.408 e. The number of alkyl carbamates (subject to hydrolysis) is 1. The van der Waals surface area contributed by atoms with Crippen molar-refractivity contribution >= 4 is 44.9 Å². The molecular formula is C39H53N5O10S. The lowest BCUT2D eigenvalue weighted by Crippen LogP contribution is -2.59. The largest absolute Gasteiger partial charge is 0.497 e. The molecule has 2 heterocycles. The van der Waals surface area contributed by atoms with Gasteiger partial charge in [-0.05, 0) is 94.9 Å². The third-order valence-corrected chi connectivity index (χ3v) is 11.9. The number of amides is 4. The fourth-order valence-electron chi connectivity index (χ4n) is 7.93. The number of likely N-dealkylation sites (tertiary alicyclic amines) is 1. The minimum absolute atomic E-state index is 0.0209. The molecule has 1 aromatic heterocycles. The van der Waals surface area contributed by atoms with Gasteiger partial charge in [0.05, 0.1) is 19.3 Å². The van der Waals surface area contributed by atoms with Crippen LogP contribution < -0.4 is 24.8 Å². The molecule has 5 atom stereocenters. The first kappa shape index (κ1) is 40.2. The summed E-state index contributed by atoms with van der Waals surface area (Å²) in [7, 11) is -2.93. The van der Waals surface area contributed by atoms with E-state index in [1.54, 1.807) is 40.1 Å². The number of pyridine rings is 1. The Kier molecular flexibility index (Phi) is 11.4. The summed E-state index contributed by atoms with van der Waals surface area (Å²) < 4.78 is 50.8. The maximum atomic E-state index is 14.6. The van der Waals surface area contributed by atoms with E-state index in [1.165, 1.54) is 11.0 Å². The first-order chi connectivity index (χ1) is 26.0. The molecule has 6 rings (SSSR count). The van der Waals surface area contributed by atoms with Gasteiger partial charge in [-0.3, -0.25) is 14.4 Å². The van der Waals surface area contributed by atoms with Crippen LogP contribution in [0.1, 0.15) is 91.9 Å². The van der Waals surface area contributed by atoms with E-state index in [4.69, 9.17) is 18.4 Å². The van der Waals surface area contributed by atoms with Crippen molar-refractivity contribution in [3.8, 4) is 11.6 Å². The van der Waals surface area contributed by atoms with Crippen molar-refractivity contribution in [2.24, 2.45) is 11.8 Å². The van der Waals surface area contributed by atoms with Crippen molar-refractivity contribution in [2.75, 3.05) is 13.7 Å². The van der Waals surface area contributed by atoms with Crippen LogP contribution in [0.3, 0.4) is 0 Å². The van der Waals surface area contributed by atoms with Crippen LogP contribution in [0.25, 0.3) is 10.8 Å². The number of nitrogens with zero attached hydrogens (tertiary/aromatic N) is 2. The van der Waals surface area contributed by atoms with Gasteiger partial charge in [0.25, 0.3) is 5.91 Å². The summed E-state index contributed by atoms with van der Waals surface area (Å²) in [6, 6.07) is 5.11. The van der Waals surface area contributed by atoms with E-state index in [0.717, 1.165) is 18.2 Å². The molecule has 4 aliphatic rings. The molecular weight excluding hydrogens is 731 g/mol. The molecule has 300 valence electrons. The molecule has 16 heteroatoms. The van der Waals surface area contributed by atoms with Crippen LogP contribution in [-0.4, -0.2) is 90.7 Å². The second kappa shape index (κ2) is 15.6. The second-order valence-corrected chi connectivity index (χ2v) is 17.5. The molecule has 0 radical (unpaired) electrons. The standard InChI is InChI=1S/C39H53N5O10S/c1-7-16-38(17-18-38)54-55(49,50)43-35(47)39(22-26(39)8-2)42-32(45)30-21-28(52-33-29-14-13-27(51-6)20-25(29)15-19-40-33)23-44(30)34(46)31(24-11-9-10-12-24)41-36(48)53-37(3,4)5/h8,13-15,19-20,24,26,28,30-31H,2,7,9-12,16-18,21-23H2,1,3-6H3,(H,41,48)(H,42,45)(H,43,47). The highest BCUT2D eigenvalue weighted by molar-refractivity contribution is 7.85. The number of fused-ring (bicyclic) bond motifs is 1. The number of rotatable bonds is 15. The number of hydrogen-bond donors (Lipinski definition) is 3. The highest BCUT2D eigenvalue weighted by atomic mass is 32.2. The van der Waals surface area contributed by atoms with E-state index >= 15 is 0 Å². The molecule has 55 heavy (non-hydrogen) atoms. The predicted molar refractivity (Wildman–Crippen MR) is 202 cm³/mol. The zero-order valence-corrected chi connectivity index (χ0v) is 33.0. The Bertz CT molecular complexity index is 1920. The monoisotopic (exact) mass is 783 g/mol. The van der Waals surface area contributed by atoms with E-state index in [1.807, 2.05) is 29.8 Å². The van der Waals surface area contributed by atoms with Gasteiger partial charge in [-0.15, -0.1) is 6.58 Å². The summed E-state index contributed by atoms with van der Waals surface area (Å²) in [6.45, 7) is 10.9. The number of benzene rings is 1. The molecule has 3 saturated carbocycles. The zero-order valence-electron chi connectivity index (χ0n) is 32.2. The van der Waals surface area contributed by atoms with E-state index in [9.17, 15) is 27.6 Å². The zero-order chi connectivity index (χ0) is 39.8. The van der Waals surface area contributed by atoms with Crippen LogP contribution in [-0.2, 0) is 33.6 Å². The molecule has 0 bridgehead atoms. The topological polar surface area (TPSA) is 192 Å². The van der Waals surface area contributed by atoms with Crippen LogP contribution in [0.5, 0.6) is 11.6 Å². The summed E-state index contributed by atoms with van der Waals surface area (Å²) in [5, 5.41) is 7.10. The lowest BCUT2D eigenvalue weighted by Gasteiger charge is -2.32. The molecule has 1 aliphatic heterocycles. The molecule has 4 fully saturated rings. The minimum Gasteiger partial charge on any atom is -0.497 e. The Labute approximate surface area is 322 Å². The van der Waals surface area contributed by atoms with Crippen molar-refractivity contribution in [3.05, 3.63) is 43.1 Å². The van der Waals surface area contributed by atoms with Gasteiger partial charge in [-0.25, -0.2) is 18.7 Å². The molecule has 1 saturated heterocycles. The van der Waals surface area contributed by atoms with Crippen LogP contribution in [0.4, 0.5) is 4.79 Å². The van der Waals surface area contributed by atoms with Crippen LogP contribution in [0, 0.1) is 11.8 Å². The predicted octanol–water partition coefficient (Wildman–Crippen LogP) is 4.45. The molecule has 2 aromatic rings. The number of nitrogens with one attached hydrogen (secondary N) is 3. The molecule has 15 nitrogen and oxygen atoms in total. The summed E-state index contributed by atoms with van der Waals surface area (Å²) in [4.78, 5) is 61.7. The van der Waals surface area contributed by atoms with Gasteiger partial charge in [0.1, 0.15) is 35.1 Å². The van der Waals surface area contributed by atoms with Crippen molar-refractivity contribution in [2.45, 2.75) is 127 Å². The van der Waals surface area contributed by atoms with Crippen molar-refractivity contribution < 1.29 is 46.0 Å². The van der Waals surface area contributed by atoms with Crippen molar-refractivity contribution in [3.63, 3.8) is 0 Å². The minimum atomic E-state index is -4.50. The highest BCUT2D eigenvalue weighted by Gasteiger charge is 2.62. The molecule has 1 aromatic carbocycles. The van der Waals surface area contributed by atoms with Crippen LogP contribution >= 0.6 is 0 Å². The van der Waals surface area contributed by atoms with Crippen molar-refractivity contribution in [1.29, 1.82) is 0 Å². The third kappa shape index (κ3) is 9.17. The summed E-state index contributed by atoms with van der Waals surface area (Å²) in [6.07, 6.45) is 7.25. The fraction of sp³-hybridized carbons (Fsp3) is 0.615. The van der Waals surface area contributed by atoms with E-state index < -0.39 is 75.0 Å². The van der Waals surface area contributed by atoms with Gasteiger partial charge in [0.15, 0.2) is 0 Å². The Balaban J connectivity index is 1.27. The van der Waals surface area contributed by atoms with E-state index in [-0.39, 0.29) is 25.3 Å². The Hall–Kier alpha value is -4.44. The van der Waals surface area contributed by atoms with Gasteiger partial charge in [-0.1, -0.05) is 32.3 Å². The van der Waals surface area contributed by atoms with E-state index in [2.05, 4.69) is 22.2 Å². The Morgan fingerprint density at radius 2 is 1.85 bits per heavy atom. The number of ether oxygens (including phenoxy) is 3. The van der Waals surface area contributed by atoms with Gasteiger partial charge < -0.3 is 29.7 Å². The average molecular weight is 784 g/mol. The lowest BCUT2D eigenvalue weighted by molar-refractivity contribution is -0.142. The molecule has 0 spiro atoms. The number of methoxy groups -OCH3 is 1. The summed E-state index contributed by atoms with van der Waals surface area (Å²) >= 11 is 0. The molecule has 3 aliphatic carbocycles. The number of hydrogen-bond acceptors (Lipinski definition) is 11. The fourth-order valence-corrected chi connectivity index (χ4v) is 9.10. The quantitative estimate of drug-likeness (QED) is 0.216. The second-order valence-electron chi connectivity index (χ2n) is 16.3. The average Bonchev–Trinajstić information content (AvgIpc) is 3.87. The molecule has 4 amide bonds. The van der Waals surface area contributed by atoms with Crippen LogP contribution in [0.2, 0.25) is 0 Å². The van der Waals surface area contributed by atoms with Gasteiger partial charge >= 0.3 is 16.4 Å². The normalized spacial score (nSPS) is 25.1. The highest BCUT2D eigenvalue weighted by Crippen LogP contribution is 2.47. The molecule has 5 unspecified atom stereocenters.